The number of nitrogens with one attached hydrogen (secondary N) is 1. The number of methoxy groups -OCH3 is 1. The number of amides is 1. The van der Waals surface area contributed by atoms with Crippen LogP contribution in [0.15, 0.2) is 53.8 Å². The number of hydrogen-bond donors (Lipinski definition) is 1. The van der Waals surface area contributed by atoms with Crippen LogP contribution in [-0.2, 0) is 4.74 Å². The van der Waals surface area contributed by atoms with Gasteiger partial charge in [0, 0.05) is 74.2 Å². The molecule has 1 unspecified atom stereocenters. The number of piperazine rings is 1. The Morgan fingerprint density at radius 3 is 2.66 bits per heavy atom. The summed E-state index contributed by atoms with van der Waals surface area (Å²) in [5, 5.41) is 13.6. The number of nitrogens with zero attached hydrogens (tertiary/aromatic N) is 4. The first-order valence-corrected chi connectivity index (χ1v) is 12.3. The van der Waals surface area contributed by atoms with Crippen molar-refractivity contribution in [3.63, 3.8) is 0 Å². The molecule has 8 heteroatoms. The summed E-state index contributed by atoms with van der Waals surface area (Å²) in [4.78, 5) is 22.5. The summed E-state index contributed by atoms with van der Waals surface area (Å²) in [5.74, 6) is 0.281. The first-order chi connectivity index (χ1) is 17.2. The van der Waals surface area contributed by atoms with Gasteiger partial charge in [0.1, 0.15) is 11.4 Å². The summed E-state index contributed by atoms with van der Waals surface area (Å²) in [5.41, 5.74) is 2.30. The smallest absolute Gasteiger partial charge is 0.274 e. The van der Waals surface area contributed by atoms with Crippen LogP contribution in [0.1, 0.15) is 29.8 Å². The minimum atomic E-state index is -0.322. The highest BCUT2D eigenvalue weighted by Gasteiger charge is 2.31. The van der Waals surface area contributed by atoms with Gasteiger partial charge >= 0.3 is 0 Å². The van der Waals surface area contributed by atoms with Crippen molar-refractivity contribution in [2.24, 2.45) is 0 Å². The number of allylic oxidation sites excluding steroid dienone is 1. The Bertz CT molecular complexity index is 1190. The largest absolute Gasteiger partial charge is 0.496 e. The first-order valence-electron chi connectivity index (χ1n) is 12.3. The highest BCUT2D eigenvalue weighted by molar-refractivity contribution is 5.98. The third-order valence-corrected chi connectivity index (χ3v) is 7.25. The Kier molecular flexibility index (Phi) is 7.09. The maximum absolute atomic E-state index is 13.0. The zero-order valence-electron chi connectivity index (χ0n) is 20.1. The molecule has 8 nitrogen and oxygen atoms in total. The van der Waals surface area contributed by atoms with Crippen LogP contribution in [0.2, 0.25) is 0 Å². The number of pyridine rings is 1. The van der Waals surface area contributed by atoms with Gasteiger partial charge in [-0.1, -0.05) is 18.2 Å². The average Bonchev–Trinajstić information content (AvgIpc) is 2.93. The van der Waals surface area contributed by atoms with Crippen LogP contribution >= 0.6 is 0 Å². The number of para-hydroxylation sites is 1. The highest BCUT2D eigenvalue weighted by atomic mass is 16.5. The average molecular weight is 474 g/mol. The Morgan fingerprint density at radius 2 is 1.91 bits per heavy atom. The molecule has 0 spiro atoms. The second kappa shape index (κ2) is 10.6. The van der Waals surface area contributed by atoms with Gasteiger partial charge in [0.05, 0.1) is 18.7 Å². The van der Waals surface area contributed by atoms with Gasteiger partial charge in [-0.15, -0.1) is 0 Å². The molecule has 1 N–H and O–H groups in total. The highest BCUT2D eigenvalue weighted by Crippen LogP contribution is 2.27. The number of ether oxygens (including phenoxy) is 2. The molecule has 2 saturated heterocycles. The van der Waals surface area contributed by atoms with Crippen molar-refractivity contribution < 1.29 is 14.3 Å². The van der Waals surface area contributed by atoms with Crippen molar-refractivity contribution in [3.8, 4) is 11.8 Å². The molecule has 182 valence electrons. The van der Waals surface area contributed by atoms with Crippen molar-refractivity contribution in [2.45, 2.75) is 31.3 Å². The van der Waals surface area contributed by atoms with E-state index in [0.717, 1.165) is 57.6 Å². The van der Waals surface area contributed by atoms with E-state index in [1.165, 1.54) is 0 Å². The summed E-state index contributed by atoms with van der Waals surface area (Å²) in [6.07, 6.45) is 6.72. The van der Waals surface area contributed by atoms with Crippen LogP contribution in [0, 0.1) is 11.3 Å². The Morgan fingerprint density at radius 1 is 1.17 bits per heavy atom. The van der Waals surface area contributed by atoms with E-state index in [0.29, 0.717) is 35.0 Å². The molecule has 5 rings (SSSR count). The molecule has 3 heterocycles. The fourth-order valence-electron chi connectivity index (χ4n) is 5.32. The molecule has 2 fully saturated rings. The number of hydrogen-bond acceptors (Lipinski definition) is 7. The minimum Gasteiger partial charge on any atom is -0.496 e. The monoisotopic (exact) mass is 473 g/mol. The van der Waals surface area contributed by atoms with E-state index in [1.54, 1.807) is 19.3 Å². The lowest BCUT2D eigenvalue weighted by Crippen LogP contribution is -2.54. The Hall–Kier alpha value is -3.25. The number of benzene rings is 1. The third-order valence-electron chi connectivity index (χ3n) is 7.25. The van der Waals surface area contributed by atoms with Crippen LogP contribution in [0.3, 0.4) is 0 Å². The van der Waals surface area contributed by atoms with Crippen molar-refractivity contribution >= 4 is 16.8 Å². The van der Waals surface area contributed by atoms with Crippen molar-refractivity contribution in [2.75, 3.05) is 46.5 Å². The number of aromatic nitrogens is 1. The second-order valence-electron chi connectivity index (χ2n) is 9.22. The van der Waals surface area contributed by atoms with Crippen LogP contribution in [0.5, 0.6) is 5.75 Å². The van der Waals surface area contributed by atoms with Crippen molar-refractivity contribution in [3.05, 3.63) is 59.4 Å². The molecule has 2 aliphatic heterocycles. The molecule has 0 bridgehead atoms. The van der Waals surface area contributed by atoms with Gasteiger partial charge in [-0.3, -0.25) is 14.6 Å². The molecule has 2 aromatic rings. The van der Waals surface area contributed by atoms with E-state index < -0.39 is 0 Å². The van der Waals surface area contributed by atoms with Gasteiger partial charge < -0.3 is 14.8 Å². The van der Waals surface area contributed by atoms with Crippen LogP contribution in [0.25, 0.3) is 10.9 Å². The van der Waals surface area contributed by atoms with Gasteiger partial charge in [0.25, 0.3) is 5.91 Å². The fraction of sp³-hybridized carbons (Fsp3) is 0.444. The lowest BCUT2D eigenvalue weighted by atomic mass is 9.95. The molecule has 0 saturated carbocycles. The van der Waals surface area contributed by atoms with E-state index in [1.807, 2.05) is 30.3 Å². The zero-order valence-corrected chi connectivity index (χ0v) is 20.1. The molecule has 0 radical (unpaired) electrons. The molecular formula is C27H31N5O3. The van der Waals surface area contributed by atoms with Crippen molar-refractivity contribution in [1.29, 1.82) is 5.26 Å². The van der Waals surface area contributed by atoms with Gasteiger partial charge in [-0.05, 0) is 37.5 Å². The van der Waals surface area contributed by atoms with Gasteiger partial charge in [0.2, 0.25) is 0 Å². The topological polar surface area (TPSA) is 90.7 Å². The lowest BCUT2D eigenvalue weighted by Gasteiger charge is -2.43. The maximum Gasteiger partial charge on any atom is 0.274 e. The summed E-state index contributed by atoms with van der Waals surface area (Å²) in [6.45, 7) is 5.63. The number of fused-ring (bicyclic) bond motifs is 1. The number of carbonyl (C=O) groups is 1. The van der Waals surface area contributed by atoms with E-state index in [2.05, 4.69) is 26.2 Å². The van der Waals surface area contributed by atoms with Crippen molar-refractivity contribution in [1.82, 2.24) is 20.1 Å². The van der Waals surface area contributed by atoms with E-state index in [4.69, 9.17) is 9.47 Å². The molecule has 3 aliphatic rings. The second-order valence-corrected chi connectivity index (χ2v) is 9.22. The molecule has 1 atom stereocenters. The Balaban J connectivity index is 1.23. The van der Waals surface area contributed by atoms with E-state index in [9.17, 15) is 10.1 Å². The number of carbonyl (C=O) groups excluding carboxylic acids is 1. The third kappa shape index (κ3) is 5.08. The zero-order chi connectivity index (χ0) is 24.2. The predicted molar refractivity (Wildman–Crippen MR) is 133 cm³/mol. The summed E-state index contributed by atoms with van der Waals surface area (Å²) < 4.78 is 11.0. The molecular weight excluding hydrogens is 442 g/mol. The molecule has 1 aliphatic carbocycles. The van der Waals surface area contributed by atoms with Gasteiger partial charge in [-0.25, -0.2) is 4.98 Å². The Labute approximate surface area is 205 Å². The molecule has 1 amide bonds. The standard InChI is InChI=1S/C27H31N5O3/c1-34-26-17-24(30-23-5-3-2-4-22(23)26)27(33)29-20-6-7-25(19(16-20)18-28)32-12-10-31(11-13-32)21-8-14-35-15-9-21/h2-6,16-17,21,25H,7-15H2,1H3,(H,29,33). The maximum atomic E-state index is 13.0. The quantitative estimate of drug-likeness (QED) is 0.714. The van der Waals surface area contributed by atoms with Crippen LogP contribution in [-0.4, -0.2) is 79.3 Å². The predicted octanol–water partition coefficient (Wildman–Crippen LogP) is 2.88. The first kappa shape index (κ1) is 23.5. The molecule has 35 heavy (non-hydrogen) atoms. The normalized spacial score (nSPS) is 22.2. The van der Waals surface area contributed by atoms with Crippen LogP contribution < -0.4 is 10.1 Å². The summed E-state index contributed by atoms with van der Waals surface area (Å²) >= 11 is 0. The van der Waals surface area contributed by atoms with Crippen LogP contribution in [0.4, 0.5) is 0 Å². The molecule has 1 aromatic heterocycles. The van der Waals surface area contributed by atoms with Gasteiger partial charge in [0.15, 0.2) is 0 Å². The fourth-order valence-corrected chi connectivity index (χ4v) is 5.32. The lowest BCUT2D eigenvalue weighted by molar-refractivity contribution is 0.00935. The SMILES string of the molecule is COc1cc(C(=O)NC2=CCC(N3CCN(C4CCOCC4)CC3)C(C#N)=C2)nc2ccccc12. The number of nitriles is 1. The van der Waals surface area contributed by atoms with E-state index in [-0.39, 0.29) is 17.6 Å². The molecule has 1 aromatic carbocycles. The number of rotatable bonds is 5. The summed E-state index contributed by atoms with van der Waals surface area (Å²) in [6, 6.07) is 12.3. The minimum absolute atomic E-state index is 0.0522. The van der Waals surface area contributed by atoms with Gasteiger partial charge in [-0.2, -0.15) is 5.26 Å². The summed E-state index contributed by atoms with van der Waals surface area (Å²) in [7, 11) is 1.58. The van der Waals surface area contributed by atoms with E-state index >= 15 is 0 Å².